The highest BCUT2D eigenvalue weighted by atomic mass is 15.1. The van der Waals surface area contributed by atoms with Crippen LogP contribution in [-0.4, -0.2) is 4.57 Å². The van der Waals surface area contributed by atoms with E-state index in [0.29, 0.717) is 11.8 Å². The summed E-state index contributed by atoms with van der Waals surface area (Å²) < 4.78 is 2.43. The summed E-state index contributed by atoms with van der Waals surface area (Å²) >= 11 is 0. The first-order valence-electron chi connectivity index (χ1n) is 23.0. The largest absolute Gasteiger partial charge is 0.310 e. The maximum Gasteiger partial charge on any atom is 0.0543 e. The first-order chi connectivity index (χ1) is 31.8. The Morgan fingerprint density at radius 1 is 0.369 bits per heavy atom. The normalized spacial score (nSPS) is 11.5. The highest BCUT2D eigenvalue weighted by Gasteiger charge is 2.18. The van der Waals surface area contributed by atoms with E-state index in [1.807, 2.05) is 0 Å². The molecule has 3 nitrogen and oxygen atoms in total. The fourth-order valence-electron chi connectivity index (χ4n) is 9.31. The van der Waals surface area contributed by atoms with E-state index in [1.165, 1.54) is 66.4 Å². The molecule has 0 atom stereocenters. The zero-order valence-electron chi connectivity index (χ0n) is 38.0. The minimum absolute atomic E-state index is 0.457. The molecule has 0 saturated carbocycles. The molecular formula is C62H55N3. The second kappa shape index (κ2) is 17.9. The van der Waals surface area contributed by atoms with Gasteiger partial charge in [-0.1, -0.05) is 149 Å². The lowest BCUT2D eigenvalue weighted by Gasteiger charge is -2.27. The van der Waals surface area contributed by atoms with Crippen LogP contribution in [0.1, 0.15) is 67.3 Å². The molecule has 0 spiro atoms. The highest BCUT2D eigenvalue weighted by Crippen LogP contribution is 2.40. The Morgan fingerprint density at radius 3 is 1.45 bits per heavy atom. The van der Waals surface area contributed by atoms with Crippen molar-refractivity contribution < 1.29 is 0 Å². The number of benzene rings is 9. The molecule has 0 unspecified atom stereocenters. The Balaban J connectivity index is 0.971. The molecule has 0 fully saturated rings. The molecule has 10 aromatic rings. The summed E-state index contributed by atoms with van der Waals surface area (Å²) in [5.74, 6) is 0.948. The van der Waals surface area contributed by atoms with Gasteiger partial charge in [-0.15, -0.1) is 0 Å². The third-order valence-electron chi connectivity index (χ3n) is 12.8. The molecule has 9 aromatic carbocycles. The van der Waals surface area contributed by atoms with E-state index in [-0.39, 0.29) is 0 Å². The number of para-hydroxylation sites is 2. The number of aryl methyl sites for hydroxylation is 1. The molecule has 3 heteroatoms. The molecule has 65 heavy (non-hydrogen) atoms. The van der Waals surface area contributed by atoms with Crippen LogP contribution < -0.4 is 9.80 Å². The fraction of sp³-hybridized carbons (Fsp3) is 0.129. The van der Waals surface area contributed by atoms with Gasteiger partial charge in [0.05, 0.1) is 11.0 Å². The molecule has 0 aliphatic rings. The molecular weight excluding hydrogens is 787 g/mol. The summed E-state index contributed by atoms with van der Waals surface area (Å²) in [6, 6.07) is 80.3. The first kappa shape index (κ1) is 41.4. The molecule has 0 bridgehead atoms. The molecule has 1 heterocycles. The molecule has 0 aliphatic heterocycles. The standard InChI is InChI=1S/C62H55N3/c1-43(2)48-22-30-53(31-23-48)64(55-36-28-51(29-37-55)50-26-34-54(35-27-50)63(52-15-7-6-8-16-52)57-17-11-13-45(5)39-57)58-18-12-14-46(41-58)40-47-21-38-60-59-19-9-10-20-61(59)65(62(60)42-47)56-32-24-49(25-33-56)44(3)4/h6-39,41-44H,40H2,1-5H3. The van der Waals surface area contributed by atoms with Crippen LogP contribution in [0.4, 0.5) is 34.1 Å². The summed E-state index contributed by atoms with van der Waals surface area (Å²) in [6.45, 7) is 11.2. The Kier molecular flexibility index (Phi) is 11.4. The Morgan fingerprint density at radius 2 is 0.846 bits per heavy atom. The SMILES string of the molecule is Cc1cccc(N(c2ccccc2)c2ccc(-c3ccc(N(c4ccc(C(C)C)cc4)c4cccc(Cc5ccc6c7ccccc7n(-c7ccc(C(C)C)cc7)c6c5)c4)cc3)cc2)c1. The van der Waals surface area contributed by atoms with Gasteiger partial charge in [-0.05, 0) is 161 Å². The van der Waals surface area contributed by atoms with Gasteiger partial charge in [-0.3, -0.25) is 0 Å². The molecule has 0 saturated heterocycles. The van der Waals surface area contributed by atoms with Gasteiger partial charge in [-0.25, -0.2) is 0 Å². The van der Waals surface area contributed by atoms with Crippen LogP contribution in [-0.2, 0) is 6.42 Å². The Hall–Kier alpha value is -7.62. The van der Waals surface area contributed by atoms with Crippen molar-refractivity contribution in [3.8, 4) is 16.8 Å². The van der Waals surface area contributed by atoms with E-state index in [2.05, 4.69) is 267 Å². The third kappa shape index (κ3) is 8.46. The number of rotatable bonds is 12. The lowest BCUT2D eigenvalue weighted by molar-refractivity contribution is 0.866. The van der Waals surface area contributed by atoms with E-state index in [9.17, 15) is 0 Å². The van der Waals surface area contributed by atoms with Crippen molar-refractivity contribution >= 4 is 55.9 Å². The zero-order valence-corrected chi connectivity index (χ0v) is 38.0. The lowest BCUT2D eigenvalue weighted by atomic mass is 10.0. The van der Waals surface area contributed by atoms with Crippen LogP contribution in [0.15, 0.2) is 218 Å². The number of hydrogen-bond acceptors (Lipinski definition) is 2. The van der Waals surface area contributed by atoms with Gasteiger partial charge in [0.25, 0.3) is 0 Å². The Labute approximate surface area is 384 Å². The van der Waals surface area contributed by atoms with Crippen molar-refractivity contribution in [1.82, 2.24) is 4.57 Å². The van der Waals surface area contributed by atoms with Gasteiger partial charge in [-0.2, -0.15) is 0 Å². The molecule has 10 rings (SSSR count). The van der Waals surface area contributed by atoms with Gasteiger partial charge in [0.2, 0.25) is 0 Å². The number of hydrogen-bond donors (Lipinski definition) is 0. The predicted octanol–water partition coefficient (Wildman–Crippen LogP) is 17.5. The van der Waals surface area contributed by atoms with Gasteiger partial charge in [0.1, 0.15) is 0 Å². The summed E-state index contributed by atoms with van der Waals surface area (Å²) in [5, 5.41) is 2.55. The average molecular weight is 842 g/mol. The van der Waals surface area contributed by atoms with E-state index in [4.69, 9.17) is 0 Å². The van der Waals surface area contributed by atoms with E-state index in [0.717, 1.165) is 40.5 Å². The predicted molar refractivity (Wildman–Crippen MR) is 278 cm³/mol. The molecule has 0 radical (unpaired) electrons. The minimum atomic E-state index is 0.457. The van der Waals surface area contributed by atoms with Crippen LogP contribution in [0.3, 0.4) is 0 Å². The molecule has 0 amide bonds. The maximum atomic E-state index is 2.43. The monoisotopic (exact) mass is 841 g/mol. The van der Waals surface area contributed by atoms with Gasteiger partial charge in [0.15, 0.2) is 0 Å². The zero-order chi connectivity index (χ0) is 44.4. The third-order valence-corrected chi connectivity index (χ3v) is 12.8. The van der Waals surface area contributed by atoms with Crippen molar-refractivity contribution in [3.63, 3.8) is 0 Å². The van der Waals surface area contributed by atoms with Crippen molar-refractivity contribution in [1.29, 1.82) is 0 Å². The maximum absolute atomic E-state index is 2.43. The van der Waals surface area contributed by atoms with Gasteiger partial charge < -0.3 is 14.4 Å². The second-order valence-corrected chi connectivity index (χ2v) is 18.0. The molecule has 318 valence electrons. The van der Waals surface area contributed by atoms with Crippen molar-refractivity contribution in [2.24, 2.45) is 0 Å². The van der Waals surface area contributed by atoms with Crippen molar-refractivity contribution in [2.75, 3.05) is 9.80 Å². The summed E-state index contributed by atoms with van der Waals surface area (Å²) in [7, 11) is 0. The highest BCUT2D eigenvalue weighted by molar-refractivity contribution is 6.09. The topological polar surface area (TPSA) is 11.4 Å². The molecule has 0 N–H and O–H groups in total. The Bertz CT molecular complexity index is 3210. The van der Waals surface area contributed by atoms with Crippen molar-refractivity contribution in [2.45, 2.75) is 52.9 Å². The number of fused-ring (bicyclic) bond motifs is 3. The van der Waals surface area contributed by atoms with E-state index >= 15 is 0 Å². The quantitative estimate of drug-likeness (QED) is 0.121. The average Bonchev–Trinajstić information content (AvgIpc) is 3.66. The summed E-state index contributed by atoms with van der Waals surface area (Å²) in [6.07, 6.45) is 0.818. The number of nitrogens with zero attached hydrogens (tertiary/aromatic N) is 3. The fourth-order valence-corrected chi connectivity index (χ4v) is 9.31. The van der Waals surface area contributed by atoms with Crippen LogP contribution in [0.5, 0.6) is 0 Å². The van der Waals surface area contributed by atoms with Crippen LogP contribution in [0.2, 0.25) is 0 Å². The number of anilines is 6. The lowest BCUT2D eigenvalue weighted by Crippen LogP contribution is -2.10. The summed E-state index contributed by atoms with van der Waals surface area (Å²) in [5.41, 5.74) is 19.3. The first-order valence-corrected chi connectivity index (χ1v) is 23.0. The van der Waals surface area contributed by atoms with Crippen LogP contribution in [0, 0.1) is 6.92 Å². The van der Waals surface area contributed by atoms with Crippen LogP contribution >= 0.6 is 0 Å². The smallest absolute Gasteiger partial charge is 0.0543 e. The molecule has 1 aromatic heterocycles. The van der Waals surface area contributed by atoms with Gasteiger partial charge >= 0.3 is 0 Å². The van der Waals surface area contributed by atoms with E-state index in [1.54, 1.807) is 0 Å². The molecule has 0 aliphatic carbocycles. The second-order valence-electron chi connectivity index (χ2n) is 18.0. The summed E-state index contributed by atoms with van der Waals surface area (Å²) in [4.78, 5) is 4.71. The van der Waals surface area contributed by atoms with Gasteiger partial charge in [0, 0.05) is 50.6 Å². The number of aromatic nitrogens is 1. The van der Waals surface area contributed by atoms with E-state index < -0.39 is 0 Å². The van der Waals surface area contributed by atoms with Crippen molar-refractivity contribution in [3.05, 3.63) is 246 Å². The minimum Gasteiger partial charge on any atom is -0.310 e. The van der Waals surface area contributed by atoms with Crippen LogP contribution in [0.25, 0.3) is 38.6 Å².